The summed E-state index contributed by atoms with van der Waals surface area (Å²) in [6, 6.07) is 14.5. The van der Waals surface area contributed by atoms with Gasteiger partial charge in [0, 0.05) is 17.6 Å². The average Bonchev–Trinajstić information content (AvgIpc) is 2.98. The van der Waals surface area contributed by atoms with E-state index in [4.69, 9.17) is 0 Å². The van der Waals surface area contributed by atoms with E-state index in [0.717, 1.165) is 33.5 Å². The predicted molar refractivity (Wildman–Crippen MR) is 117 cm³/mol. The van der Waals surface area contributed by atoms with Crippen LogP contribution in [0.2, 0.25) is 0 Å². The number of amides is 1. The zero-order valence-electron chi connectivity index (χ0n) is 16.5. The van der Waals surface area contributed by atoms with E-state index in [1.54, 1.807) is 11.8 Å². The summed E-state index contributed by atoms with van der Waals surface area (Å²) in [5.41, 5.74) is 4.34. The molecule has 2 aromatic carbocycles. The van der Waals surface area contributed by atoms with E-state index in [-0.39, 0.29) is 5.91 Å². The molecule has 1 heterocycles. The fraction of sp³-hybridized carbons (Fsp3) is 0.286. The largest absolute Gasteiger partial charge is 0.325 e. The molecule has 3 aromatic rings. The minimum atomic E-state index is -0.0476. The number of thioether (sulfide) groups is 2. The second kappa shape index (κ2) is 9.30. The number of aromatic nitrogens is 3. The Morgan fingerprint density at radius 2 is 1.64 bits per heavy atom. The van der Waals surface area contributed by atoms with Crippen LogP contribution in [0.5, 0.6) is 0 Å². The summed E-state index contributed by atoms with van der Waals surface area (Å²) in [7, 11) is 1.94. The number of nitrogens with zero attached hydrogens (tertiary/aromatic N) is 3. The fourth-order valence-corrected chi connectivity index (χ4v) is 4.36. The van der Waals surface area contributed by atoms with Crippen LogP contribution in [0.1, 0.15) is 22.5 Å². The molecule has 0 aliphatic carbocycles. The van der Waals surface area contributed by atoms with Crippen molar-refractivity contribution in [2.45, 2.75) is 36.6 Å². The molecule has 1 N–H and O–H groups in total. The van der Waals surface area contributed by atoms with Crippen molar-refractivity contribution in [3.63, 3.8) is 0 Å². The third-order valence-corrected chi connectivity index (χ3v) is 6.18. The van der Waals surface area contributed by atoms with Gasteiger partial charge in [-0.2, -0.15) is 0 Å². The molecule has 28 heavy (non-hydrogen) atoms. The molecule has 5 nitrogen and oxygen atoms in total. The van der Waals surface area contributed by atoms with Gasteiger partial charge in [0.2, 0.25) is 5.91 Å². The van der Waals surface area contributed by atoms with Crippen LogP contribution in [0, 0.1) is 20.8 Å². The molecule has 0 saturated heterocycles. The lowest BCUT2D eigenvalue weighted by Gasteiger charge is -2.07. The number of carbonyl (C=O) groups excluding carboxylic acids is 1. The van der Waals surface area contributed by atoms with Crippen molar-refractivity contribution in [3.05, 3.63) is 65.0 Å². The Hall–Kier alpha value is -2.25. The first-order valence-corrected chi connectivity index (χ1v) is 11.0. The van der Waals surface area contributed by atoms with Crippen LogP contribution in [0.4, 0.5) is 5.69 Å². The number of aryl methyl sites for hydroxylation is 3. The molecule has 146 valence electrons. The maximum atomic E-state index is 12.3. The van der Waals surface area contributed by atoms with E-state index >= 15 is 0 Å². The Labute approximate surface area is 174 Å². The van der Waals surface area contributed by atoms with Gasteiger partial charge in [0.15, 0.2) is 5.16 Å². The van der Waals surface area contributed by atoms with Crippen LogP contribution in [0.3, 0.4) is 0 Å². The summed E-state index contributed by atoms with van der Waals surface area (Å²) in [5, 5.41) is 12.2. The van der Waals surface area contributed by atoms with E-state index in [0.29, 0.717) is 5.75 Å². The van der Waals surface area contributed by atoms with Crippen molar-refractivity contribution >= 4 is 35.1 Å². The quantitative estimate of drug-likeness (QED) is 0.567. The number of rotatable bonds is 7. The number of hydrogen-bond acceptors (Lipinski definition) is 5. The Bertz CT molecular complexity index is 947. The van der Waals surface area contributed by atoms with Crippen LogP contribution in [0.15, 0.2) is 52.5 Å². The molecule has 0 aliphatic heterocycles. The summed E-state index contributed by atoms with van der Waals surface area (Å²) in [4.78, 5) is 13.5. The van der Waals surface area contributed by atoms with Gasteiger partial charge in [0.1, 0.15) is 5.82 Å². The predicted octanol–water partition coefficient (Wildman–Crippen LogP) is 4.76. The first-order chi connectivity index (χ1) is 13.4. The number of hydrogen-bond donors (Lipinski definition) is 1. The highest BCUT2D eigenvalue weighted by atomic mass is 32.2. The smallest absolute Gasteiger partial charge is 0.234 e. The van der Waals surface area contributed by atoms with Crippen molar-refractivity contribution in [1.82, 2.24) is 14.8 Å². The standard InChI is InChI=1S/C21H24N4OS2/c1-14-5-7-18(8-6-14)27-12-19-23-24-21(25(19)4)28-13-20(26)22-17-10-15(2)9-16(3)11-17/h5-11H,12-13H2,1-4H3,(H,22,26). The zero-order chi connectivity index (χ0) is 20.1. The maximum absolute atomic E-state index is 12.3. The lowest BCUT2D eigenvalue weighted by atomic mass is 10.1. The van der Waals surface area contributed by atoms with Gasteiger partial charge in [-0.1, -0.05) is 35.5 Å². The van der Waals surface area contributed by atoms with Crippen molar-refractivity contribution in [1.29, 1.82) is 0 Å². The van der Waals surface area contributed by atoms with Crippen molar-refractivity contribution in [3.8, 4) is 0 Å². The Morgan fingerprint density at radius 3 is 2.32 bits per heavy atom. The van der Waals surface area contributed by atoms with Crippen molar-refractivity contribution < 1.29 is 4.79 Å². The van der Waals surface area contributed by atoms with Crippen LogP contribution in [-0.4, -0.2) is 26.4 Å². The fourth-order valence-electron chi connectivity index (χ4n) is 2.75. The van der Waals surface area contributed by atoms with Crippen molar-refractivity contribution in [2.24, 2.45) is 7.05 Å². The normalized spacial score (nSPS) is 10.9. The minimum absolute atomic E-state index is 0.0476. The number of carbonyl (C=O) groups is 1. The molecule has 1 amide bonds. The number of nitrogens with one attached hydrogen (secondary N) is 1. The highest BCUT2D eigenvalue weighted by molar-refractivity contribution is 7.99. The second-order valence-electron chi connectivity index (χ2n) is 6.77. The molecule has 0 bridgehead atoms. The van der Waals surface area contributed by atoms with E-state index in [1.165, 1.54) is 22.2 Å². The highest BCUT2D eigenvalue weighted by Crippen LogP contribution is 2.24. The molecule has 0 unspecified atom stereocenters. The van der Waals surface area contributed by atoms with Crippen LogP contribution >= 0.6 is 23.5 Å². The van der Waals surface area contributed by atoms with Gasteiger partial charge >= 0.3 is 0 Å². The monoisotopic (exact) mass is 412 g/mol. The Kier molecular flexibility index (Phi) is 6.80. The SMILES string of the molecule is Cc1ccc(SCc2nnc(SCC(=O)Nc3cc(C)cc(C)c3)n2C)cc1. The summed E-state index contributed by atoms with van der Waals surface area (Å²) in [6.45, 7) is 6.12. The minimum Gasteiger partial charge on any atom is -0.325 e. The van der Waals surface area contributed by atoms with E-state index < -0.39 is 0 Å². The van der Waals surface area contributed by atoms with Crippen LogP contribution < -0.4 is 5.32 Å². The first kappa shape index (κ1) is 20.5. The van der Waals surface area contributed by atoms with Gasteiger partial charge in [0.25, 0.3) is 0 Å². The molecule has 1 aromatic heterocycles. The molecule has 0 spiro atoms. The summed E-state index contributed by atoms with van der Waals surface area (Å²) >= 11 is 3.12. The molecular weight excluding hydrogens is 388 g/mol. The first-order valence-electron chi connectivity index (χ1n) is 8.99. The summed E-state index contributed by atoms with van der Waals surface area (Å²) < 4.78 is 1.95. The molecule has 0 atom stereocenters. The highest BCUT2D eigenvalue weighted by Gasteiger charge is 2.12. The maximum Gasteiger partial charge on any atom is 0.234 e. The van der Waals surface area contributed by atoms with Gasteiger partial charge in [0.05, 0.1) is 11.5 Å². The third-order valence-electron chi connectivity index (χ3n) is 4.15. The number of anilines is 1. The molecule has 3 rings (SSSR count). The Balaban J connectivity index is 1.53. The Morgan fingerprint density at radius 1 is 0.964 bits per heavy atom. The third kappa shape index (κ3) is 5.62. The van der Waals surface area contributed by atoms with Crippen molar-refractivity contribution in [2.75, 3.05) is 11.1 Å². The summed E-state index contributed by atoms with van der Waals surface area (Å²) in [6.07, 6.45) is 0. The zero-order valence-corrected chi connectivity index (χ0v) is 18.2. The molecule has 0 aliphatic rings. The molecule has 7 heteroatoms. The van der Waals surface area contributed by atoms with Crippen LogP contribution in [-0.2, 0) is 17.6 Å². The van der Waals surface area contributed by atoms with E-state index in [9.17, 15) is 4.79 Å². The summed E-state index contributed by atoms with van der Waals surface area (Å²) in [5.74, 6) is 1.88. The average molecular weight is 413 g/mol. The van der Waals surface area contributed by atoms with E-state index in [1.807, 2.05) is 37.6 Å². The topological polar surface area (TPSA) is 59.8 Å². The van der Waals surface area contributed by atoms with Gasteiger partial charge in [-0.3, -0.25) is 4.79 Å². The number of benzene rings is 2. The van der Waals surface area contributed by atoms with Gasteiger partial charge in [-0.05, 0) is 56.2 Å². The lowest BCUT2D eigenvalue weighted by Crippen LogP contribution is -2.14. The molecular formula is C21H24N4OS2. The van der Waals surface area contributed by atoms with Gasteiger partial charge < -0.3 is 9.88 Å². The molecule has 0 fully saturated rings. The van der Waals surface area contributed by atoms with Gasteiger partial charge in [-0.25, -0.2) is 0 Å². The van der Waals surface area contributed by atoms with Crippen LogP contribution in [0.25, 0.3) is 0 Å². The second-order valence-corrected chi connectivity index (χ2v) is 8.76. The molecule has 0 saturated carbocycles. The van der Waals surface area contributed by atoms with E-state index in [2.05, 4.69) is 52.8 Å². The van der Waals surface area contributed by atoms with Gasteiger partial charge in [-0.15, -0.1) is 22.0 Å². The molecule has 0 radical (unpaired) electrons. The lowest BCUT2D eigenvalue weighted by molar-refractivity contribution is -0.113.